The number of nitrogens with zero attached hydrogens (tertiary/aromatic N) is 2. The van der Waals surface area contributed by atoms with Gasteiger partial charge in [-0.25, -0.2) is 0 Å². The number of hydrogen-bond donors (Lipinski definition) is 0. The molecule has 0 radical (unpaired) electrons. The van der Waals surface area contributed by atoms with Crippen LogP contribution in [0, 0.1) is 13.8 Å². The van der Waals surface area contributed by atoms with Crippen molar-refractivity contribution in [3.8, 4) is 0 Å². The maximum Gasteiger partial charge on any atom is 4.00 e. The predicted octanol–water partition coefficient (Wildman–Crippen LogP) is 10.5. The van der Waals surface area contributed by atoms with Gasteiger partial charge >= 0.3 is 26.2 Å². The van der Waals surface area contributed by atoms with E-state index in [1.54, 1.807) is 0 Å². The molecule has 0 N–H and O–H groups in total. The van der Waals surface area contributed by atoms with E-state index in [1.807, 2.05) is 60.7 Å². The molecule has 6 aromatic carbocycles. The molecule has 0 bridgehead atoms. The molecule has 6 aromatic rings. The van der Waals surface area contributed by atoms with Crippen LogP contribution >= 0.6 is 15.8 Å². The molecule has 5 heteroatoms. The van der Waals surface area contributed by atoms with E-state index in [0.717, 1.165) is 36.5 Å². The maximum atomic E-state index is 5.31. The van der Waals surface area contributed by atoms with Crippen molar-refractivity contribution >= 4 is 37.1 Å². The second-order valence-corrected chi connectivity index (χ2v) is 18.3. The monoisotopic (exact) mass is 810 g/mol. The van der Waals surface area contributed by atoms with Gasteiger partial charge in [-0.05, 0) is 48.5 Å². The van der Waals surface area contributed by atoms with E-state index in [1.165, 1.54) is 46.9 Å². The van der Waals surface area contributed by atoms with Crippen LogP contribution in [0.3, 0.4) is 0 Å². The Morgan fingerprint density at radius 2 is 0.642 bits per heavy atom. The SMILES string of the molecule is [CH2-]c1ccccc1.[CH2-]c1ccccc1.[Zr+4].c1ccc([PH+](CC[N-][C@@H]2CCCC[C@H]2[N-]CC[PH+](c2ccccc2)c2ccccc2)c2ccccc2)cc1. The Morgan fingerprint density at radius 1 is 0.396 bits per heavy atom. The van der Waals surface area contributed by atoms with Gasteiger partial charge in [0.2, 0.25) is 0 Å². The topological polar surface area (TPSA) is 28.2 Å². The number of rotatable bonds is 12. The molecule has 268 valence electrons. The molecule has 1 saturated carbocycles. The Morgan fingerprint density at radius 3 is 0.868 bits per heavy atom. The van der Waals surface area contributed by atoms with Crippen LogP contribution in [0.2, 0.25) is 0 Å². The van der Waals surface area contributed by atoms with Gasteiger partial charge in [-0.3, -0.25) is 0 Å². The third-order valence-corrected chi connectivity index (χ3v) is 14.9. The normalized spacial score (nSPS) is 14.9. The van der Waals surface area contributed by atoms with Gasteiger partial charge in [0.15, 0.2) is 0 Å². The van der Waals surface area contributed by atoms with Crippen LogP contribution in [0.5, 0.6) is 0 Å². The molecule has 0 unspecified atom stereocenters. The van der Waals surface area contributed by atoms with Crippen molar-refractivity contribution < 1.29 is 26.2 Å². The van der Waals surface area contributed by atoms with E-state index in [-0.39, 0.29) is 26.2 Å². The van der Waals surface area contributed by atoms with Crippen LogP contribution in [-0.2, 0) is 26.2 Å². The molecule has 1 fully saturated rings. The summed E-state index contributed by atoms with van der Waals surface area (Å²) < 4.78 is 0. The van der Waals surface area contributed by atoms with Gasteiger partial charge in [0.25, 0.3) is 0 Å². The van der Waals surface area contributed by atoms with Crippen LogP contribution < -0.4 is 21.2 Å². The third kappa shape index (κ3) is 15.2. The first kappa shape index (κ1) is 42.5. The minimum absolute atomic E-state index is 0. The summed E-state index contributed by atoms with van der Waals surface area (Å²) in [6.07, 6.45) is 7.27. The molecular weight excluding hydrogens is 758 g/mol. The molecule has 53 heavy (non-hydrogen) atoms. The summed E-state index contributed by atoms with van der Waals surface area (Å²) in [5, 5.41) is 16.6. The summed E-state index contributed by atoms with van der Waals surface area (Å²) in [7, 11) is -1.65. The van der Waals surface area contributed by atoms with Crippen LogP contribution in [0.4, 0.5) is 0 Å². The molecule has 0 heterocycles. The number of hydrogen-bond acceptors (Lipinski definition) is 0. The van der Waals surface area contributed by atoms with Crippen molar-refractivity contribution in [3.63, 3.8) is 0 Å². The molecule has 7 rings (SSSR count). The minimum atomic E-state index is -0.826. The average molecular weight is 812 g/mol. The second-order valence-electron chi connectivity index (χ2n) is 13.1. The first-order valence-corrected chi connectivity index (χ1v) is 22.1. The van der Waals surface area contributed by atoms with Gasteiger partial charge in [-0.15, -0.1) is 37.4 Å². The van der Waals surface area contributed by atoms with E-state index >= 15 is 0 Å². The van der Waals surface area contributed by atoms with Crippen LogP contribution in [-0.4, -0.2) is 37.5 Å². The third-order valence-electron chi connectivity index (χ3n) is 9.32. The van der Waals surface area contributed by atoms with E-state index in [2.05, 4.69) is 135 Å². The van der Waals surface area contributed by atoms with Crippen LogP contribution in [0.15, 0.2) is 182 Å². The average Bonchev–Trinajstić information content (AvgIpc) is 3.21. The summed E-state index contributed by atoms with van der Waals surface area (Å²) in [4.78, 5) is 0. The quantitative estimate of drug-likeness (QED) is 0.0870. The molecule has 1 aliphatic carbocycles. The largest absolute Gasteiger partial charge is 4.00 e. The molecule has 0 saturated heterocycles. The number of benzene rings is 6. The Hall–Kier alpha value is -3.28. The summed E-state index contributed by atoms with van der Waals surface area (Å²) in [5.74, 6) is 0. The summed E-state index contributed by atoms with van der Waals surface area (Å²) >= 11 is 0. The molecule has 2 atom stereocenters. The van der Waals surface area contributed by atoms with Crippen molar-refractivity contribution in [3.05, 3.63) is 218 Å². The van der Waals surface area contributed by atoms with Crippen molar-refractivity contribution in [1.82, 2.24) is 0 Å². The fourth-order valence-corrected chi connectivity index (χ4v) is 11.5. The molecule has 0 amide bonds. The van der Waals surface area contributed by atoms with Gasteiger partial charge in [-0.2, -0.15) is 61.3 Å². The Kier molecular flexibility index (Phi) is 20.0. The summed E-state index contributed by atoms with van der Waals surface area (Å²) in [5.41, 5.74) is 2.14. The van der Waals surface area contributed by atoms with Crippen molar-refractivity contribution in [2.45, 2.75) is 37.8 Å². The zero-order valence-electron chi connectivity index (χ0n) is 30.9. The standard InChI is InChI=1S/C34H38N2P2.2C7H7.Zr/c1-5-15-29(16-6-1)37(30-17-7-2-8-18-30)27-25-35-33-23-13-14-24-34(33)36-26-28-38(31-19-9-3-10-20-31)32-21-11-4-12-22-32;2*1-7-5-3-2-4-6-7;/h1-12,15-22,33-34H,13-14,23-28H2;2*2-6H,1H2;/q-2;2*-1;+4/p+2/t33-,34-;;;/m1.../s1. The second kappa shape index (κ2) is 24.9. The predicted molar refractivity (Wildman–Crippen MR) is 235 cm³/mol. The Bertz CT molecular complexity index is 1550. The first-order chi connectivity index (χ1) is 25.7. The van der Waals surface area contributed by atoms with Crippen molar-refractivity contribution in [2.75, 3.05) is 25.4 Å². The van der Waals surface area contributed by atoms with E-state index in [4.69, 9.17) is 10.6 Å². The van der Waals surface area contributed by atoms with E-state index < -0.39 is 15.8 Å². The minimum Gasteiger partial charge on any atom is -0.658 e. The van der Waals surface area contributed by atoms with Crippen molar-refractivity contribution in [1.29, 1.82) is 0 Å². The van der Waals surface area contributed by atoms with E-state index in [9.17, 15) is 0 Å². The maximum absolute atomic E-state index is 5.31. The van der Waals surface area contributed by atoms with Gasteiger partial charge in [-0.1, -0.05) is 111 Å². The van der Waals surface area contributed by atoms with Gasteiger partial charge < -0.3 is 10.6 Å². The molecule has 0 aromatic heterocycles. The van der Waals surface area contributed by atoms with Gasteiger partial charge in [0.1, 0.15) is 0 Å². The summed E-state index contributed by atoms with van der Waals surface area (Å²) in [6, 6.07) is 64.9. The van der Waals surface area contributed by atoms with Gasteiger partial charge in [0.05, 0.1) is 37.1 Å². The Labute approximate surface area is 341 Å². The molecule has 2 nitrogen and oxygen atoms in total. The fourth-order valence-electron chi connectivity index (χ4n) is 6.63. The van der Waals surface area contributed by atoms with E-state index in [0.29, 0.717) is 12.1 Å². The fraction of sp³-hybridized carbons (Fsp3) is 0.208. The zero-order chi connectivity index (χ0) is 36.1. The van der Waals surface area contributed by atoms with Crippen molar-refractivity contribution in [2.24, 2.45) is 0 Å². The van der Waals surface area contributed by atoms with Crippen LogP contribution in [0.1, 0.15) is 36.8 Å². The van der Waals surface area contributed by atoms with Crippen LogP contribution in [0.25, 0.3) is 10.6 Å². The molecule has 0 spiro atoms. The Balaban J connectivity index is 0.000000348. The molecule has 0 aliphatic heterocycles. The zero-order valence-corrected chi connectivity index (χ0v) is 35.4. The molecule has 1 aliphatic rings. The smallest absolute Gasteiger partial charge is 0.658 e. The summed E-state index contributed by atoms with van der Waals surface area (Å²) in [6.45, 7) is 9.33. The van der Waals surface area contributed by atoms with Gasteiger partial charge in [0, 0.05) is 12.3 Å². The first-order valence-electron chi connectivity index (χ1n) is 18.7. The molecular formula is C48H54N2P2Zr+2.